The van der Waals surface area contributed by atoms with Crippen LogP contribution in [0, 0.1) is 5.41 Å². The normalized spacial score (nSPS) is 23.0. The summed E-state index contributed by atoms with van der Waals surface area (Å²) < 4.78 is 5.54. The van der Waals surface area contributed by atoms with Crippen LogP contribution in [0.3, 0.4) is 0 Å². The van der Waals surface area contributed by atoms with Crippen molar-refractivity contribution >= 4 is 28.9 Å². The molecule has 2 amide bonds. The summed E-state index contributed by atoms with van der Waals surface area (Å²) in [7, 11) is 0. The minimum absolute atomic E-state index is 0.161. The van der Waals surface area contributed by atoms with Gasteiger partial charge >= 0.3 is 5.97 Å². The third-order valence-electron chi connectivity index (χ3n) is 4.77. The van der Waals surface area contributed by atoms with Crippen molar-refractivity contribution in [1.29, 1.82) is 0 Å². The number of ether oxygens (including phenoxy) is 1. The van der Waals surface area contributed by atoms with E-state index in [1.54, 1.807) is 12.1 Å². The van der Waals surface area contributed by atoms with Crippen molar-refractivity contribution in [3.63, 3.8) is 0 Å². The van der Waals surface area contributed by atoms with Gasteiger partial charge in [0.05, 0.1) is 10.7 Å². The highest BCUT2D eigenvalue weighted by molar-refractivity contribution is 8.15. The molecule has 1 heterocycles. The van der Waals surface area contributed by atoms with Crippen molar-refractivity contribution in [3.05, 3.63) is 29.8 Å². The third-order valence-corrected chi connectivity index (χ3v) is 5.75. The van der Waals surface area contributed by atoms with Crippen molar-refractivity contribution in [2.75, 3.05) is 0 Å². The van der Waals surface area contributed by atoms with Crippen molar-refractivity contribution in [2.45, 2.75) is 50.7 Å². The lowest BCUT2D eigenvalue weighted by Crippen LogP contribution is -2.33. The van der Waals surface area contributed by atoms with Crippen LogP contribution in [-0.2, 0) is 16.0 Å². The van der Waals surface area contributed by atoms with Crippen molar-refractivity contribution in [3.8, 4) is 5.75 Å². The molecule has 1 aromatic rings. The Morgan fingerprint density at radius 3 is 2.46 bits per heavy atom. The van der Waals surface area contributed by atoms with Gasteiger partial charge in [0.2, 0.25) is 5.91 Å². The fourth-order valence-electron chi connectivity index (χ4n) is 3.20. The zero-order chi connectivity index (χ0) is 17.2. The first-order valence-corrected chi connectivity index (χ1v) is 9.17. The molecule has 2 aliphatic rings. The number of carbonyl (C=O) groups is 3. The molecule has 1 unspecified atom stereocenters. The number of imide groups is 1. The molecule has 1 aliphatic heterocycles. The SMILES string of the molecule is CC1(C(=O)Oc2ccc(CC3SC(=O)NC3=O)cc2)CCCCC1. The maximum atomic E-state index is 12.4. The molecule has 1 atom stereocenters. The Labute approximate surface area is 145 Å². The van der Waals surface area contributed by atoms with Crippen LogP contribution < -0.4 is 10.1 Å². The van der Waals surface area contributed by atoms with Crippen molar-refractivity contribution < 1.29 is 19.1 Å². The molecule has 1 saturated carbocycles. The highest BCUT2D eigenvalue weighted by Gasteiger charge is 2.36. The molecule has 24 heavy (non-hydrogen) atoms. The van der Waals surface area contributed by atoms with Gasteiger partial charge in [-0.2, -0.15) is 0 Å². The molecule has 1 N–H and O–H groups in total. The van der Waals surface area contributed by atoms with E-state index in [1.807, 2.05) is 19.1 Å². The lowest BCUT2D eigenvalue weighted by Gasteiger charge is -2.30. The van der Waals surface area contributed by atoms with Gasteiger partial charge in [0.1, 0.15) is 5.75 Å². The summed E-state index contributed by atoms with van der Waals surface area (Å²) in [5.41, 5.74) is 0.552. The first-order valence-electron chi connectivity index (χ1n) is 8.29. The van der Waals surface area contributed by atoms with Crippen LogP contribution >= 0.6 is 11.8 Å². The molecule has 0 radical (unpaired) electrons. The number of nitrogens with one attached hydrogen (secondary N) is 1. The van der Waals surface area contributed by atoms with Crippen LogP contribution in [0.1, 0.15) is 44.6 Å². The molecule has 1 aliphatic carbocycles. The van der Waals surface area contributed by atoms with Gasteiger partial charge in [-0.3, -0.25) is 19.7 Å². The van der Waals surface area contributed by atoms with E-state index in [0.29, 0.717) is 12.2 Å². The summed E-state index contributed by atoms with van der Waals surface area (Å²) in [5.74, 6) is 0.118. The molecule has 1 aromatic carbocycles. The molecular formula is C18H21NO4S. The molecule has 0 spiro atoms. The van der Waals surface area contributed by atoms with Crippen LogP contribution in [-0.4, -0.2) is 22.4 Å². The number of hydrogen-bond acceptors (Lipinski definition) is 5. The van der Waals surface area contributed by atoms with Crippen LogP contribution in [0.4, 0.5) is 4.79 Å². The van der Waals surface area contributed by atoms with Gasteiger partial charge in [0.25, 0.3) is 5.24 Å². The summed E-state index contributed by atoms with van der Waals surface area (Å²) in [6, 6.07) is 7.17. The number of hydrogen-bond donors (Lipinski definition) is 1. The number of benzene rings is 1. The molecule has 1 saturated heterocycles. The van der Waals surface area contributed by atoms with E-state index >= 15 is 0 Å². The second-order valence-corrected chi connectivity index (χ2v) is 7.92. The van der Waals surface area contributed by atoms with E-state index < -0.39 is 0 Å². The van der Waals surface area contributed by atoms with Gasteiger partial charge < -0.3 is 4.74 Å². The van der Waals surface area contributed by atoms with E-state index in [0.717, 1.165) is 43.0 Å². The Balaban J connectivity index is 1.59. The Morgan fingerprint density at radius 1 is 1.21 bits per heavy atom. The van der Waals surface area contributed by atoms with Crippen molar-refractivity contribution in [2.24, 2.45) is 5.41 Å². The fraction of sp³-hybridized carbons (Fsp3) is 0.500. The number of carbonyl (C=O) groups excluding carboxylic acids is 3. The summed E-state index contributed by atoms with van der Waals surface area (Å²) in [6.45, 7) is 1.98. The van der Waals surface area contributed by atoms with Crippen LogP contribution in [0.25, 0.3) is 0 Å². The van der Waals surface area contributed by atoms with Gasteiger partial charge in [-0.25, -0.2) is 0 Å². The lowest BCUT2D eigenvalue weighted by molar-refractivity contribution is -0.146. The topological polar surface area (TPSA) is 72.5 Å². The van der Waals surface area contributed by atoms with E-state index in [4.69, 9.17) is 4.74 Å². The summed E-state index contributed by atoms with van der Waals surface area (Å²) in [5, 5.41) is 1.60. The minimum Gasteiger partial charge on any atom is -0.426 e. The fourth-order valence-corrected chi connectivity index (χ4v) is 4.06. The van der Waals surface area contributed by atoms with Gasteiger partial charge in [0, 0.05) is 0 Å². The monoisotopic (exact) mass is 347 g/mol. The lowest BCUT2D eigenvalue weighted by atomic mass is 9.76. The summed E-state index contributed by atoms with van der Waals surface area (Å²) in [6.07, 6.45) is 5.58. The van der Waals surface area contributed by atoms with Gasteiger partial charge in [0.15, 0.2) is 0 Å². The van der Waals surface area contributed by atoms with Crippen LogP contribution in [0.5, 0.6) is 5.75 Å². The predicted molar refractivity (Wildman–Crippen MR) is 91.9 cm³/mol. The van der Waals surface area contributed by atoms with E-state index in [9.17, 15) is 14.4 Å². The van der Waals surface area contributed by atoms with Crippen LogP contribution in [0.2, 0.25) is 0 Å². The first-order chi connectivity index (χ1) is 11.5. The molecule has 0 bridgehead atoms. The zero-order valence-corrected chi connectivity index (χ0v) is 14.5. The molecular weight excluding hydrogens is 326 g/mol. The largest absolute Gasteiger partial charge is 0.426 e. The Morgan fingerprint density at radius 2 is 1.88 bits per heavy atom. The molecule has 5 nitrogen and oxygen atoms in total. The molecule has 6 heteroatoms. The molecule has 128 valence electrons. The third kappa shape index (κ3) is 3.80. The second-order valence-electron chi connectivity index (χ2n) is 6.74. The predicted octanol–water partition coefficient (Wildman–Crippen LogP) is 3.46. The Hall–Kier alpha value is -1.82. The van der Waals surface area contributed by atoms with E-state index in [2.05, 4.69) is 5.32 Å². The smallest absolute Gasteiger partial charge is 0.317 e. The van der Waals surface area contributed by atoms with Gasteiger partial charge in [-0.05, 0) is 43.9 Å². The molecule has 3 rings (SSSR count). The van der Waals surface area contributed by atoms with Gasteiger partial charge in [-0.1, -0.05) is 43.2 Å². The molecule has 2 fully saturated rings. The number of amides is 2. The Kier molecular flexibility index (Phi) is 4.94. The number of rotatable bonds is 4. The highest BCUT2D eigenvalue weighted by Crippen LogP contribution is 2.37. The molecule has 0 aromatic heterocycles. The standard InChI is InChI=1S/C18H21NO4S/c1-18(9-3-2-4-10-18)16(21)23-13-7-5-12(6-8-13)11-14-15(20)19-17(22)24-14/h5-8,14H,2-4,9-11H2,1H3,(H,19,20,22). The highest BCUT2D eigenvalue weighted by atomic mass is 32.2. The zero-order valence-electron chi connectivity index (χ0n) is 13.7. The maximum absolute atomic E-state index is 12.4. The number of thioether (sulfide) groups is 1. The Bertz CT molecular complexity index is 649. The summed E-state index contributed by atoms with van der Waals surface area (Å²) in [4.78, 5) is 35.2. The second kappa shape index (κ2) is 6.97. The average molecular weight is 347 g/mol. The quantitative estimate of drug-likeness (QED) is 0.667. The maximum Gasteiger partial charge on any atom is 0.317 e. The van der Waals surface area contributed by atoms with E-state index in [-0.39, 0.29) is 27.8 Å². The summed E-state index contributed by atoms with van der Waals surface area (Å²) >= 11 is 1.02. The first kappa shape index (κ1) is 17.0. The average Bonchev–Trinajstić information content (AvgIpc) is 2.87. The van der Waals surface area contributed by atoms with Crippen LogP contribution in [0.15, 0.2) is 24.3 Å². The van der Waals surface area contributed by atoms with E-state index in [1.165, 1.54) is 6.42 Å². The van der Waals surface area contributed by atoms with Crippen molar-refractivity contribution in [1.82, 2.24) is 5.32 Å². The minimum atomic E-state index is -0.382. The number of esters is 1. The van der Waals surface area contributed by atoms with Gasteiger partial charge in [-0.15, -0.1) is 0 Å².